The Morgan fingerprint density at radius 2 is 1.70 bits per heavy atom. The van der Waals surface area contributed by atoms with Crippen LogP contribution in [0.15, 0.2) is 51.9 Å². The molecule has 0 radical (unpaired) electrons. The first-order valence-electron chi connectivity index (χ1n) is 13.6. The van der Waals surface area contributed by atoms with Gasteiger partial charge in [0.1, 0.15) is 11.5 Å². The number of furan rings is 1. The number of nitrogens with zero attached hydrogens (tertiary/aromatic N) is 5. The summed E-state index contributed by atoms with van der Waals surface area (Å²) in [6, 6.07) is 10.1. The molecule has 0 saturated carbocycles. The van der Waals surface area contributed by atoms with Crippen LogP contribution in [0, 0.1) is 11.8 Å². The monoisotopic (exact) mass is 499 g/mol. The number of hydrogen-bond acceptors (Lipinski definition) is 5. The van der Waals surface area contributed by atoms with Gasteiger partial charge in [-0.1, -0.05) is 99.8 Å². The van der Waals surface area contributed by atoms with E-state index in [1.165, 1.54) is 32.1 Å². The highest BCUT2D eigenvalue weighted by atomic mass is 16.3. The van der Waals surface area contributed by atoms with E-state index in [4.69, 9.17) is 4.42 Å². The first kappa shape index (κ1) is 26.4. The van der Waals surface area contributed by atoms with Crippen molar-refractivity contribution in [2.24, 2.45) is 0 Å². The van der Waals surface area contributed by atoms with E-state index in [0.29, 0.717) is 18.0 Å². The SMILES string of the molecule is CCCCCCC#Cc1c(CCCCCC)oc2nc(=O)n(Cc3cn(Cc4ccccc4)nn3)cc12. The van der Waals surface area contributed by atoms with Crippen LogP contribution in [0.2, 0.25) is 0 Å². The standard InChI is InChI=1S/C30H37N5O2/c1-3-5-7-9-10-14-18-26-27-23-34(30(36)31-29(27)37-28(26)19-15-8-6-4-2)21-25-22-35(33-32-25)20-24-16-12-11-13-17-24/h11-13,16-17,22-23H,3-10,15,19-21H2,1-2H3. The topological polar surface area (TPSA) is 78.7 Å². The van der Waals surface area contributed by atoms with Crippen molar-refractivity contribution < 1.29 is 4.42 Å². The highest BCUT2D eigenvalue weighted by Crippen LogP contribution is 2.25. The third kappa shape index (κ3) is 7.42. The van der Waals surface area contributed by atoms with Gasteiger partial charge in [-0.3, -0.25) is 4.57 Å². The zero-order chi connectivity index (χ0) is 25.9. The molecule has 3 aromatic heterocycles. The van der Waals surface area contributed by atoms with Crippen molar-refractivity contribution in [2.75, 3.05) is 0 Å². The van der Waals surface area contributed by atoms with Gasteiger partial charge >= 0.3 is 5.69 Å². The summed E-state index contributed by atoms with van der Waals surface area (Å²) in [4.78, 5) is 17.1. The van der Waals surface area contributed by atoms with Gasteiger partial charge < -0.3 is 4.42 Å². The molecular formula is C30H37N5O2. The fraction of sp³-hybridized carbons (Fsp3) is 0.467. The Kier molecular flexibility index (Phi) is 9.70. The molecule has 0 aliphatic carbocycles. The molecule has 37 heavy (non-hydrogen) atoms. The molecule has 0 amide bonds. The fourth-order valence-corrected chi connectivity index (χ4v) is 4.41. The minimum atomic E-state index is -0.365. The number of unbranched alkanes of at least 4 members (excludes halogenated alkanes) is 7. The Hall–Kier alpha value is -3.66. The van der Waals surface area contributed by atoms with Crippen LogP contribution in [-0.4, -0.2) is 24.5 Å². The van der Waals surface area contributed by atoms with Gasteiger partial charge in [0.05, 0.1) is 30.2 Å². The van der Waals surface area contributed by atoms with Crippen LogP contribution < -0.4 is 5.69 Å². The average Bonchev–Trinajstić information content (AvgIpc) is 3.48. The van der Waals surface area contributed by atoms with Gasteiger partial charge in [-0.15, -0.1) is 5.10 Å². The van der Waals surface area contributed by atoms with E-state index in [9.17, 15) is 4.79 Å². The third-order valence-corrected chi connectivity index (χ3v) is 6.46. The van der Waals surface area contributed by atoms with E-state index in [-0.39, 0.29) is 12.2 Å². The van der Waals surface area contributed by atoms with Crippen molar-refractivity contribution in [1.82, 2.24) is 24.5 Å². The average molecular weight is 500 g/mol. The molecule has 194 valence electrons. The number of aryl methyl sites for hydroxylation is 1. The van der Waals surface area contributed by atoms with Gasteiger partial charge in [-0.2, -0.15) is 4.98 Å². The van der Waals surface area contributed by atoms with Crippen LogP contribution >= 0.6 is 0 Å². The molecule has 0 bridgehead atoms. The largest absolute Gasteiger partial charge is 0.441 e. The second kappa shape index (κ2) is 13.6. The minimum Gasteiger partial charge on any atom is -0.441 e. The van der Waals surface area contributed by atoms with E-state index in [1.807, 2.05) is 30.6 Å². The Labute approximate surface area is 218 Å². The maximum atomic E-state index is 12.8. The second-order valence-electron chi connectivity index (χ2n) is 9.59. The van der Waals surface area contributed by atoms with Gasteiger partial charge in [0.2, 0.25) is 5.71 Å². The smallest absolute Gasteiger partial charge is 0.351 e. The predicted octanol–water partition coefficient (Wildman–Crippen LogP) is 6.12. The normalized spacial score (nSPS) is 11.1. The molecule has 4 aromatic rings. The highest BCUT2D eigenvalue weighted by Gasteiger charge is 2.16. The van der Waals surface area contributed by atoms with Crippen molar-refractivity contribution in [3.8, 4) is 11.8 Å². The Bertz CT molecular complexity index is 1390. The summed E-state index contributed by atoms with van der Waals surface area (Å²) in [5, 5.41) is 9.30. The highest BCUT2D eigenvalue weighted by molar-refractivity contribution is 5.81. The van der Waals surface area contributed by atoms with Crippen molar-refractivity contribution in [1.29, 1.82) is 0 Å². The van der Waals surface area contributed by atoms with Crippen molar-refractivity contribution >= 4 is 11.1 Å². The van der Waals surface area contributed by atoms with Crippen LogP contribution in [0.25, 0.3) is 11.1 Å². The van der Waals surface area contributed by atoms with Gasteiger partial charge in [-0.25, -0.2) is 9.48 Å². The van der Waals surface area contributed by atoms with Crippen LogP contribution in [-0.2, 0) is 19.5 Å². The molecule has 7 heteroatoms. The number of rotatable bonds is 13. The molecule has 0 spiro atoms. The predicted molar refractivity (Wildman–Crippen MR) is 146 cm³/mol. The molecule has 0 fully saturated rings. The molecule has 0 aliphatic rings. The van der Waals surface area contributed by atoms with E-state index >= 15 is 0 Å². The van der Waals surface area contributed by atoms with E-state index < -0.39 is 0 Å². The molecule has 0 aliphatic heterocycles. The van der Waals surface area contributed by atoms with Crippen LogP contribution in [0.4, 0.5) is 0 Å². The molecule has 0 atom stereocenters. The molecule has 0 saturated heterocycles. The molecule has 3 heterocycles. The zero-order valence-electron chi connectivity index (χ0n) is 22.1. The lowest BCUT2D eigenvalue weighted by atomic mass is 10.1. The van der Waals surface area contributed by atoms with E-state index in [0.717, 1.165) is 54.4 Å². The molecule has 0 unspecified atom stereocenters. The summed E-state index contributed by atoms with van der Waals surface area (Å²) in [6.45, 7) is 5.33. The Balaban J connectivity index is 1.56. The van der Waals surface area contributed by atoms with E-state index in [2.05, 4.69) is 53.1 Å². The fourth-order valence-electron chi connectivity index (χ4n) is 4.41. The summed E-state index contributed by atoms with van der Waals surface area (Å²) in [5.74, 6) is 7.54. The van der Waals surface area contributed by atoms with Gasteiger partial charge in [-0.05, 0) is 18.4 Å². The first-order valence-corrected chi connectivity index (χ1v) is 13.6. The van der Waals surface area contributed by atoms with Crippen molar-refractivity contribution in [3.63, 3.8) is 0 Å². The van der Waals surface area contributed by atoms with Crippen molar-refractivity contribution in [2.45, 2.75) is 91.1 Å². The Morgan fingerprint density at radius 1 is 0.919 bits per heavy atom. The zero-order valence-corrected chi connectivity index (χ0v) is 22.1. The summed E-state index contributed by atoms with van der Waals surface area (Å²) < 4.78 is 9.43. The van der Waals surface area contributed by atoms with Crippen molar-refractivity contribution in [3.05, 3.63) is 75.8 Å². The van der Waals surface area contributed by atoms with Gasteiger partial charge in [0, 0.05) is 19.0 Å². The van der Waals surface area contributed by atoms with Gasteiger partial charge in [0.25, 0.3) is 0 Å². The second-order valence-corrected chi connectivity index (χ2v) is 9.59. The summed E-state index contributed by atoms with van der Waals surface area (Å²) in [7, 11) is 0. The van der Waals surface area contributed by atoms with Gasteiger partial charge in [0.15, 0.2) is 0 Å². The number of hydrogen-bond donors (Lipinski definition) is 0. The third-order valence-electron chi connectivity index (χ3n) is 6.46. The molecular weight excluding hydrogens is 462 g/mol. The maximum Gasteiger partial charge on any atom is 0.351 e. The molecule has 4 rings (SSSR count). The molecule has 1 aromatic carbocycles. The molecule has 7 nitrogen and oxygen atoms in total. The van der Waals surface area contributed by atoms with Crippen LogP contribution in [0.5, 0.6) is 0 Å². The first-order chi connectivity index (χ1) is 18.2. The van der Waals surface area contributed by atoms with E-state index in [1.54, 1.807) is 9.25 Å². The lowest BCUT2D eigenvalue weighted by molar-refractivity contribution is 0.515. The van der Waals surface area contributed by atoms with Crippen LogP contribution in [0.1, 0.15) is 94.2 Å². The lowest BCUT2D eigenvalue weighted by Crippen LogP contribution is -2.22. The quantitative estimate of drug-likeness (QED) is 0.163. The molecule has 0 N–H and O–H groups in total. The number of aromatic nitrogens is 5. The Morgan fingerprint density at radius 3 is 2.49 bits per heavy atom. The minimum absolute atomic E-state index is 0.289. The lowest BCUT2D eigenvalue weighted by Gasteiger charge is -2.02. The van der Waals surface area contributed by atoms with Crippen LogP contribution in [0.3, 0.4) is 0 Å². The summed E-state index contributed by atoms with van der Waals surface area (Å²) >= 11 is 0. The summed E-state index contributed by atoms with van der Waals surface area (Å²) in [6.07, 6.45) is 14.7. The number of benzene rings is 1. The number of fused-ring (bicyclic) bond motifs is 1. The maximum absolute atomic E-state index is 12.8. The summed E-state index contributed by atoms with van der Waals surface area (Å²) in [5.41, 5.74) is 2.72.